The van der Waals surface area contributed by atoms with Crippen molar-refractivity contribution in [3.63, 3.8) is 0 Å². The van der Waals surface area contributed by atoms with E-state index in [-0.39, 0.29) is 0 Å². The zero-order valence-corrected chi connectivity index (χ0v) is 8.61. The zero-order chi connectivity index (χ0) is 9.97. The van der Waals surface area contributed by atoms with Crippen molar-refractivity contribution in [2.45, 2.75) is 6.10 Å². The second kappa shape index (κ2) is 4.03. The lowest BCUT2D eigenvalue weighted by Gasteiger charge is -2.08. The molecule has 2 rings (SSSR count). The maximum Gasteiger partial charge on any atom is 0.0878 e. The Morgan fingerprint density at radius 2 is 1.79 bits per heavy atom. The molecule has 0 aliphatic rings. The highest BCUT2D eigenvalue weighted by molar-refractivity contribution is 7.80. The second-order valence-electron chi connectivity index (χ2n) is 3.30. The largest absolute Gasteiger partial charge is 0.388 e. The second-order valence-corrected chi connectivity index (χ2v) is 3.67. The number of fused-ring (bicyclic) bond motifs is 1. The molecule has 0 saturated carbocycles. The first kappa shape index (κ1) is 9.56. The fourth-order valence-electron chi connectivity index (χ4n) is 1.52. The summed E-state index contributed by atoms with van der Waals surface area (Å²) in [6, 6.07) is 14.1. The molecule has 0 fully saturated rings. The maximum atomic E-state index is 9.61. The minimum absolute atomic E-state index is 0.457. The van der Waals surface area contributed by atoms with Crippen LogP contribution in [0, 0.1) is 0 Å². The molecule has 0 radical (unpaired) electrons. The van der Waals surface area contributed by atoms with Crippen molar-refractivity contribution >= 4 is 23.4 Å². The van der Waals surface area contributed by atoms with Crippen molar-refractivity contribution in [2.75, 3.05) is 5.75 Å². The zero-order valence-electron chi connectivity index (χ0n) is 7.72. The van der Waals surface area contributed by atoms with E-state index in [1.165, 1.54) is 5.39 Å². The molecule has 0 aliphatic carbocycles. The molecule has 2 heteroatoms. The summed E-state index contributed by atoms with van der Waals surface area (Å²) in [4.78, 5) is 0. The summed E-state index contributed by atoms with van der Waals surface area (Å²) >= 11 is 4.07. The van der Waals surface area contributed by atoms with Crippen molar-refractivity contribution in [3.8, 4) is 0 Å². The van der Waals surface area contributed by atoms with Gasteiger partial charge in [-0.3, -0.25) is 0 Å². The van der Waals surface area contributed by atoms with Gasteiger partial charge in [0, 0.05) is 5.75 Å². The predicted molar refractivity (Wildman–Crippen MR) is 62.8 cm³/mol. The summed E-state index contributed by atoms with van der Waals surface area (Å²) in [6.07, 6.45) is -0.470. The van der Waals surface area contributed by atoms with Crippen LogP contribution < -0.4 is 0 Å². The Labute approximate surface area is 88.8 Å². The Morgan fingerprint density at radius 3 is 2.50 bits per heavy atom. The van der Waals surface area contributed by atoms with E-state index in [1.54, 1.807) is 0 Å². The van der Waals surface area contributed by atoms with E-state index in [4.69, 9.17) is 0 Å². The lowest BCUT2D eigenvalue weighted by atomic mass is 10.0. The third-order valence-electron chi connectivity index (χ3n) is 2.33. The quantitative estimate of drug-likeness (QED) is 0.721. The van der Waals surface area contributed by atoms with Crippen LogP contribution in [-0.2, 0) is 0 Å². The number of aliphatic hydroxyl groups is 1. The molecule has 14 heavy (non-hydrogen) atoms. The molecular weight excluding hydrogens is 192 g/mol. The lowest BCUT2D eigenvalue weighted by Crippen LogP contribution is -1.97. The number of hydrogen-bond donors (Lipinski definition) is 2. The van der Waals surface area contributed by atoms with Gasteiger partial charge in [0.25, 0.3) is 0 Å². The summed E-state index contributed by atoms with van der Waals surface area (Å²) in [5.74, 6) is 0.457. The van der Waals surface area contributed by atoms with Crippen LogP contribution in [0.5, 0.6) is 0 Å². The molecule has 1 N–H and O–H groups in total. The molecule has 0 amide bonds. The average Bonchev–Trinajstić information content (AvgIpc) is 2.27. The van der Waals surface area contributed by atoms with Gasteiger partial charge in [-0.05, 0) is 22.4 Å². The number of rotatable bonds is 2. The third-order valence-corrected chi connectivity index (χ3v) is 2.68. The van der Waals surface area contributed by atoms with Crippen LogP contribution in [0.1, 0.15) is 11.7 Å². The van der Waals surface area contributed by atoms with Crippen molar-refractivity contribution in [3.05, 3.63) is 48.0 Å². The van der Waals surface area contributed by atoms with Gasteiger partial charge in [0.2, 0.25) is 0 Å². The standard InChI is InChI=1S/C12H12OS/c13-12(8-14)11-6-5-9-3-1-2-4-10(9)7-11/h1-7,12-14H,8H2. The molecule has 0 spiro atoms. The molecule has 1 atom stereocenters. The van der Waals surface area contributed by atoms with Crippen LogP contribution in [0.2, 0.25) is 0 Å². The SMILES string of the molecule is OC(CS)c1ccc2ccccc2c1. The van der Waals surface area contributed by atoms with E-state index in [0.717, 1.165) is 10.9 Å². The molecule has 0 heterocycles. The highest BCUT2D eigenvalue weighted by Gasteiger charge is 2.04. The van der Waals surface area contributed by atoms with Crippen LogP contribution in [0.15, 0.2) is 42.5 Å². The van der Waals surface area contributed by atoms with Crippen molar-refractivity contribution in [1.29, 1.82) is 0 Å². The Hall–Kier alpha value is -0.990. The average molecular weight is 204 g/mol. The normalized spacial score (nSPS) is 13.0. The molecule has 0 aromatic heterocycles. The Kier molecular flexibility index (Phi) is 2.75. The highest BCUT2D eigenvalue weighted by atomic mass is 32.1. The van der Waals surface area contributed by atoms with Crippen molar-refractivity contribution < 1.29 is 5.11 Å². The molecule has 1 unspecified atom stereocenters. The summed E-state index contributed by atoms with van der Waals surface area (Å²) in [7, 11) is 0. The molecule has 0 bridgehead atoms. The number of thiol groups is 1. The number of benzene rings is 2. The number of hydrogen-bond acceptors (Lipinski definition) is 2. The summed E-state index contributed by atoms with van der Waals surface area (Å²) < 4.78 is 0. The van der Waals surface area contributed by atoms with Crippen molar-refractivity contribution in [1.82, 2.24) is 0 Å². The van der Waals surface area contributed by atoms with E-state index in [1.807, 2.05) is 36.4 Å². The maximum absolute atomic E-state index is 9.61. The highest BCUT2D eigenvalue weighted by Crippen LogP contribution is 2.20. The minimum atomic E-state index is -0.470. The fourth-order valence-corrected chi connectivity index (χ4v) is 1.73. The van der Waals surface area contributed by atoms with Crippen LogP contribution >= 0.6 is 12.6 Å². The molecule has 0 saturated heterocycles. The van der Waals surface area contributed by atoms with Gasteiger partial charge in [-0.2, -0.15) is 12.6 Å². The summed E-state index contributed by atoms with van der Waals surface area (Å²) in [5.41, 5.74) is 0.929. The van der Waals surface area contributed by atoms with Crippen LogP contribution in [0.3, 0.4) is 0 Å². The predicted octanol–water partition coefficient (Wildman–Crippen LogP) is 2.80. The van der Waals surface area contributed by atoms with Gasteiger partial charge < -0.3 is 5.11 Å². The smallest absolute Gasteiger partial charge is 0.0878 e. The Bertz CT molecular complexity index is 439. The first-order valence-corrected chi connectivity index (χ1v) is 5.22. The van der Waals surface area contributed by atoms with Gasteiger partial charge in [0.1, 0.15) is 0 Å². The lowest BCUT2D eigenvalue weighted by molar-refractivity contribution is 0.204. The third kappa shape index (κ3) is 1.76. The summed E-state index contributed by atoms with van der Waals surface area (Å²) in [5, 5.41) is 12.0. The van der Waals surface area contributed by atoms with Gasteiger partial charge in [-0.25, -0.2) is 0 Å². The van der Waals surface area contributed by atoms with E-state index >= 15 is 0 Å². The van der Waals surface area contributed by atoms with Crippen LogP contribution in [0.4, 0.5) is 0 Å². The van der Waals surface area contributed by atoms with Crippen LogP contribution in [-0.4, -0.2) is 10.9 Å². The van der Waals surface area contributed by atoms with Gasteiger partial charge >= 0.3 is 0 Å². The molecule has 1 nitrogen and oxygen atoms in total. The topological polar surface area (TPSA) is 20.2 Å². The van der Waals surface area contributed by atoms with Gasteiger partial charge in [0.15, 0.2) is 0 Å². The van der Waals surface area contributed by atoms with E-state index in [2.05, 4.69) is 18.7 Å². The first-order valence-electron chi connectivity index (χ1n) is 4.59. The monoisotopic (exact) mass is 204 g/mol. The van der Waals surface area contributed by atoms with E-state index in [0.29, 0.717) is 5.75 Å². The van der Waals surface area contributed by atoms with Crippen LogP contribution in [0.25, 0.3) is 10.8 Å². The van der Waals surface area contributed by atoms with Gasteiger partial charge in [-0.1, -0.05) is 36.4 Å². The van der Waals surface area contributed by atoms with Crippen molar-refractivity contribution in [2.24, 2.45) is 0 Å². The minimum Gasteiger partial charge on any atom is -0.388 e. The molecule has 2 aromatic rings. The fraction of sp³-hybridized carbons (Fsp3) is 0.167. The van der Waals surface area contributed by atoms with Gasteiger partial charge in [-0.15, -0.1) is 0 Å². The molecule has 2 aromatic carbocycles. The Balaban J connectivity index is 2.51. The van der Waals surface area contributed by atoms with E-state index in [9.17, 15) is 5.11 Å². The molecule has 0 aliphatic heterocycles. The van der Waals surface area contributed by atoms with Gasteiger partial charge in [0.05, 0.1) is 6.10 Å². The molecule has 72 valence electrons. The first-order chi connectivity index (χ1) is 6.81. The molecular formula is C12H12OS. The summed E-state index contributed by atoms with van der Waals surface area (Å²) in [6.45, 7) is 0. The Morgan fingerprint density at radius 1 is 1.07 bits per heavy atom. The van der Waals surface area contributed by atoms with E-state index < -0.39 is 6.10 Å². The number of aliphatic hydroxyl groups excluding tert-OH is 1.